The van der Waals surface area contributed by atoms with E-state index in [1.807, 2.05) is 6.07 Å². The highest BCUT2D eigenvalue weighted by Crippen LogP contribution is 2.57. The van der Waals surface area contributed by atoms with E-state index in [4.69, 9.17) is 27.9 Å². The number of nitrogens with one attached hydrogen (secondary N) is 3. The lowest BCUT2D eigenvalue weighted by Gasteiger charge is -2.38. The molecule has 42 heavy (non-hydrogen) atoms. The Kier molecular flexibility index (Phi) is 8.47. The highest BCUT2D eigenvalue weighted by atomic mass is 35.5. The third-order valence-corrected chi connectivity index (χ3v) is 9.29. The van der Waals surface area contributed by atoms with E-state index in [2.05, 4.69) is 57.5 Å². The minimum Gasteiger partial charge on any atom is -0.373 e. The van der Waals surface area contributed by atoms with Gasteiger partial charge in [0.15, 0.2) is 0 Å². The summed E-state index contributed by atoms with van der Waals surface area (Å²) in [5.41, 5.74) is -0.154. The molecule has 2 aromatic rings. The van der Waals surface area contributed by atoms with E-state index in [-0.39, 0.29) is 45.6 Å². The second-order valence-electron chi connectivity index (χ2n) is 14.3. The van der Waals surface area contributed by atoms with Gasteiger partial charge in [0.25, 0.3) is 0 Å². The van der Waals surface area contributed by atoms with Gasteiger partial charge in [0, 0.05) is 28.7 Å². The Morgan fingerprint density at radius 3 is 2.40 bits per heavy atom. The number of anilines is 1. The lowest BCUT2D eigenvalue weighted by atomic mass is 9.62. The van der Waals surface area contributed by atoms with Gasteiger partial charge in [0.05, 0.1) is 22.8 Å². The maximum absolute atomic E-state index is 15.9. The van der Waals surface area contributed by atoms with Crippen molar-refractivity contribution in [3.8, 4) is 0 Å². The Labute approximate surface area is 258 Å². The zero-order valence-electron chi connectivity index (χ0n) is 25.2. The van der Waals surface area contributed by atoms with Crippen LogP contribution in [0.3, 0.4) is 0 Å². The van der Waals surface area contributed by atoms with E-state index in [1.165, 1.54) is 6.07 Å². The summed E-state index contributed by atoms with van der Waals surface area (Å²) < 4.78 is 22.1. The molecule has 6 nitrogen and oxygen atoms in total. The van der Waals surface area contributed by atoms with Crippen LogP contribution in [0.1, 0.15) is 90.7 Å². The van der Waals surface area contributed by atoms with Crippen molar-refractivity contribution in [2.24, 2.45) is 5.41 Å². The van der Waals surface area contributed by atoms with Crippen LogP contribution in [0.15, 0.2) is 36.4 Å². The number of hydrogen-bond acceptors (Lipinski definition) is 4. The molecule has 2 amide bonds. The van der Waals surface area contributed by atoms with Gasteiger partial charge in [-0.3, -0.25) is 9.59 Å². The molecule has 5 rings (SSSR count). The average Bonchev–Trinajstić information content (AvgIpc) is 3.35. The van der Waals surface area contributed by atoms with Crippen LogP contribution in [0, 0.1) is 11.2 Å². The van der Waals surface area contributed by atoms with E-state index in [9.17, 15) is 9.59 Å². The first kappa shape index (κ1) is 31.2. The smallest absolute Gasteiger partial charge is 0.238 e. The van der Waals surface area contributed by atoms with Crippen molar-refractivity contribution in [3.05, 3.63) is 63.4 Å². The fourth-order valence-electron chi connectivity index (χ4n) is 7.27. The summed E-state index contributed by atoms with van der Waals surface area (Å²) in [7, 11) is 0. The van der Waals surface area contributed by atoms with Crippen molar-refractivity contribution >= 4 is 40.7 Å². The molecule has 1 aliphatic carbocycles. The molecule has 2 heterocycles. The van der Waals surface area contributed by atoms with Crippen molar-refractivity contribution in [2.45, 2.75) is 115 Å². The maximum Gasteiger partial charge on any atom is 0.238 e. The highest BCUT2D eigenvalue weighted by molar-refractivity contribution is 6.31. The van der Waals surface area contributed by atoms with E-state index in [0.29, 0.717) is 22.7 Å². The first-order valence-electron chi connectivity index (χ1n) is 14.9. The summed E-state index contributed by atoms with van der Waals surface area (Å²) in [6, 6.07) is 8.72. The SMILES string of the molecule is CC(C)(C)C[C@@H]1N[C@@H](C(=O)NC2CCC(OC(C)(C)C)CC2)C(c2cccc(Cl)c2F)[C@]12C(=O)Nc1cc(Cl)ccc12. The predicted molar refractivity (Wildman–Crippen MR) is 166 cm³/mol. The van der Waals surface area contributed by atoms with Crippen molar-refractivity contribution < 1.29 is 18.7 Å². The van der Waals surface area contributed by atoms with Gasteiger partial charge in [-0.25, -0.2) is 4.39 Å². The zero-order chi connectivity index (χ0) is 30.6. The molecule has 228 valence electrons. The number of ether oxygens (including phenoxy) is 1. The monoisotopic (exact) mass is 617 g/mol. The normalized spacial score (nSPS) is 29.5. The molecular weight excluding hydrogens is 576 g/mol. The maximum atomic E-state index is 15.9. The van der Waals surface area contributed by atoms with E-state index in [0.717, 1.165) is 25.7 Å². The largest absolute Gasteiger partial charge is 0.373 e. The molecule has 1 spiro atoms. The second kappa shape index (κ2) is 11.4. The molecule has 1 unspecified atom stereocenters. The van der Waals surface area contributed by atoms with Gasteiger partial charge in [-0.1, -0.05) is 62.2 Å². The van der Waals surface area contributed by atoms with Gasteiger partial charge in [0.1, 0.15) is 11.2 Å². The summed E-state index contributed by atoms with van der Waals surface area (Å²) in [5, 5.41) is 10.3. The Morgan fingerprint density at radius 1 is 1.07 bits per heavy atom. The number of carbonyl (C=O) groups excluding carboxylic acids is 2. The van der Waals surface area contributed by atoms with Gasteiger partial charge >= 0.3 is 0 Å². The number of benzene rings is 2. The van der Waals surface area contributed by atoms with Crippen LogP contribution in [0.5, 0.6) is 0 Å². The van der Waals surface area contributed by atoms with Crippen LogP contribution in [0.4, 0.5) is 10.1 Å². The Bertz CT molecular complexity index is 1360. The van der Waals surface area contributed by atoms with Crippen molar-refractivity contribution in [1.82, 2.24) is 10.6 Å². The van der Waals surface area contributed by atoms with E-state index < -0.39 is 29.2 Å². The number of fused-ring (bicyclic) bond motifs is 2. The lowest BCUT2D eigenvalue weighted by molar-refractivity contribution is -0.125. The first-order valence-corrected chi connectivity index (χ1v) is 15.7. The third kappa shape index (κ3) is 5.95. The molecule has 2 aromatic carbocycles. The summed E-state index contributed by atoms with van der Waals surface area (Å²) in [4.78, 5) is 28.5. The zero-order valence-corrected chi connectivity index (χ0v) is 26.8. The average molecular weight is 619 g/mol. The topological polar surface area (TPSA) is 79.5 Å². The second-order valence-corrected chi connectivity index (χ2v) is 15.2. The van der Waals surface area contributed by atoms with E-state index in [1.54, 1.807) is 24.3 Å². The predicted octanol–water partition coefficient (Wildman–Crippen LogP) is 7.13. The number of hydrogen-bond donors (Lipinski definition) is 3. The van der Waals surface area contributed by atoms with Gasteiger partial charge < -0.3 is 20.7 Å². The fourth-order valence-corrected chi connectivity index (χ4v) is 7.62. The Hall–Kier alpha value is -2.19. The molecule has 3 N–H and O–H groups in total. The van der Waals surface area contributed by atoms with Crippen LogP contribution in [0.2, 0.25) is 10.0 Å². The highest BCUT2D eigenvalue weighted by Gasteiger charge is 2.66. The number of carbonyl (C=O) groups is 2. The molecule has 0 bridgehead atoms. The van der Waals surface area contributed by atoms with Gasteiger partial charge in [0.2, 0.25) is 11.8 Å². The van der Waals surface area contributed by atoms with Crippen LogP contribution < -0.4 is 16.0 Å². The molecule has 0 radical (unpaired) electrons. The van der Waals surface area contributed by atoms with Crippen molar-refractivity contribution in [2.75, 3.05) is 5.32 Å². The summed E-state index contributed by atoms with van der Waals surface area (Å²) >= 11 is 12.6. The van der Waals surface area contributed by atoms with Crippen LogP contribution >= 0.6 is 23.2 Å². The standard InChI is InChI=1S/C33H42Cl2FN3O3/c1-31(2,3)17-25-33(22-15-10-18(34)16-24(22)38-30(33)41)26(21-8-7-9-23(35)27(21)36)28(39-25)29(40)37-19-11-13-20(14-12-19)42-32(4,5)6/h7-10,15-16,19-20,25-26,28,39H,11-14,17H2,1-6H3,(H,37,40)(H,38,41)/t19?,20?,25-,26?,28+,33+/m0/s1. The van der Waals surface area contributed by atoms with Gasteiger partial charge in [-0.15, -0.1) is 0 Å². The van der Waals surface area contributed by atoms with E-state index >= 15 is 4.39 Å². The summed E-state index contributed by atoms with van der Waals surface area (Å²) in [6.07, 6.45) is 3.99. The minimum atomic E-state index is -1.26. The van der Waals surface area contributed by atoms with Crippen LogP contribution in [-0.2, 0) is 19.7 Å². The first-order chi connectivity index (χ1) is 19.6. The molecule has 1 saturated carbocycles. The molecule has 4 atom stereocenters. The van der Waals surface area contributed by atoms with Crippen LogP contribution in [-0.4, -0.2) is 41.6 Å². The lowest BCUT2D eigenvalue weighted by Crippen LogP contribution is -2.50. The molecule has 2 aliphatic heterocycles. The Balaban J connectivity index is 1.55. The fraction of sp³-hybridized carbons (Fsp3) is 0.576. The molecule has 2 fully saturated rings. The number of rotatable bonds is 5. The third-order valence-electron chi connectivity index (χ3n) is 8.76. The van der Waals surface area contributed by atoms with Crippen molar-refractivity contribution in [3.63, 3.8) is 0 Å². The van der Waals surface area contributed by atoms with Gasteiger partial charge in [-0.05, 0) is 87.6 Å². The molecule has 0 aromatic heterocycles. The molecule has 3 aliphatic rings. The van der Waals surface area contributed by atoms with Gasteiger partial charge in [-0.2, -0.15) is 0 Å². The number of amides is 2. The molecular formula is C33H42Cl2FN3O3. The van der Waals surface area contributed by atoms with Crippen molar-refractivity contribution in [1.29, 1.82) is 0 Å². The summed E-state index contributed by atoms with van der Waals surface area (Å²) in [5.74, 6) is -1.99. The molecule has 9 heteroatoms. The minimum absolute atomic E-state index is 0.0370. The number of halogens is 3. The summed E-state index contributed by atoms with van der Waals surface area (Å²) in [6.45, 7) is 12.4. The Morgan fingerprint density at radius 2 is 1.76 bits per heavy atom. The molecule has 1 saturated heterocycles. The quantitative estimate of drug-likeness (QED) is 0.333. The van der Waals surface area contributed by atoms with Crippen LogP contribution in [0.25, 0.3) is 0 Å².